The first-order chi connectivity index (χ1) is 9.15. The molecule has 1 saturated heterocycles. The van der Waals surface area contributed by atoms with E-state index in [0.29, 0.717) is 6.61 Å². The second-order valence-electron chi connectivity index (χ2n) is 4.87. The van der Waals surface area contributed by atoms with Crippen molar-refractivity contribution in [2.24, 2.45) is 0 Å². The summed E-state index contributed by atoms with van der Waals surface area (Å²) < 4.78 is 5.58. The summed E-state index contributed by atoms with van der Waals surface area (Å²) in [5.41, 5.74) is -1.36. The Hall–Kier alpha value is -0.730. The number of hydrogen-bond donors (Lipinski definition) is 5. The lowest BCUT2D eigenvalue weighted by molar-refractivity contribution is -0.127. The maximum atomic E-state index is 11.6. The third-order valence-electron chi connectivity index (χ3n) is 3.28. The van der Waals surface area contributed by atoms with E-state index in [1.54, 1.807) is 0 Å². The Labute approximate surface area is 113 Å². The van der Waals surface area contributed by atoms with Gasteiger partial charge >= 0.3 is 0 Å². The van der Waals surface area contributed by atoms with Gasteiger partial charge in [-0.15, -0.1) is 0 Å². The molecule has 1 rings (SSSR count). The number of ether oxygens (including phenoxy) is 1. The molecule has 1 aliphatic heterocycles. The zero-order valence-corrected chi connectivity index (χ0v) is 11.1. The van der Waals surface area contributed by atoms with Crippen LogP contribution in [0.15, 0.2) is 0 Å². The van der Waals surface area contributed by atoms with Gasteiger partial charge in [-0.3, -0.25) is 4.79 Å². The van der Waals surface area contributed by atoms with Crippen molar-refractivity contribution in [3.63, 3.8) is 0 Å². The predicted molar refractivity (Wildman–Crippen MR) is 68.6 cm³/mol. The molecule has 0 atom stereocenters. The van der Waals surface area contributed by atoms with Gasteiger partial charge in [0.05, 0.1) is 32.5 Å². The van der Waals surface area contributed by atoms with Crippen LogP contribution in [0.2, 0.25) is 0 Å². The van der Waals surface area contributed by atoms with Crippen molar-refractivity contribution in [1.82, 2.24) is 10.6 Å². The van der Waals surface area contributed by atoms with Crippen LogP contribution in [0, 0.1) is 0 Å². The smallest absolute Gasteiger partial charge is 0.222 e. The van der Waals surface area contributed by atoms with Crippen molar-refractivity contribution in [2.75, 3.05) is 39.5 Å². The van der Waals surface area contributed by atoms with Gasteiger partial charge in [0.1, 0.15) is 5.54 Å². The first-order valence-corrected chi connectivity index (χ1v) is 6.62. The average Bonchev–Trinajstić information content (AvgIpc) is 2.46. The highest BCUT2D eigenvalue weighted by Crippen LogP contribution is 2.08. The van der Waals surface area contributed by atoms with E-state index in [2.05, 4.69) is 10.6 Å². The molecule has 1 amide bonds. The first kappa shape index (κ1) is 16.3. The molecule has 0 aliphatic carbocycles. The van der Waals surface area contributed by atoms with E-state index in [1.165, 1.54) is 0 Å². The minimum Gasteiger partial charge on any atom is -0.394 e. The Kier molecular flexibility index (Phi) is 7.25. The lowest BCUT2D eigenvalue weighted by Gasteiger charge is -2.29. The van der Waals surface area contributed by atoms with Gasteiger partial charge in [-0.1, -0.05) is 0 Å². The van der Waals surface area contributed by atoms with Crippen molar-refractivity contribution in [3.05, 3.63) is 0 Å². The van der Waals surface area contributed by atoms with Crippen molar-refractivity contribution >= 4 is 5.91 Å². The number of carbonyl (C=O) groups is 1. The molecule has 0 spiro atoms. The maximum Gasteiger partial charge on any atom is 0.222 e. The fourth-order valence-electron chi connectivity index (χ4n) is 1.91. The summed E-state index contributed by atoms with van der Waals surface area (Å²) in [7, 11) is 0. The Balaban J connectivity index is 2.23. The zero-order valence-electron chi connectivity index (χ0n) is 11.1. The topological polar surface area (TPSA) is 111 Å². The van der Waals surface area contributed by atoms with E-state index >= 15 is 0 Å². The fraction of sp³-hybridized carbons (Fsp3) is 0.917. The van der Waals surface area contributed by atoms with Crippen molar-refractivity contribution in [1.29, 1.82) is 0 Å². The standard InChI is InChI=1S/C12H24N2O5/c15-7-12(8-16,9-17)14-11(18)3-6-19-10-1-4-13-5-2-10/h10,13,15-17H,1-9H2,(H,14,18). The lowest BCUT2D eigenvalue weighted by atomic mass is 10.0. The monoisotopic (exact) mass is 276 g/mol. The number of nitrogens with one attached hydrogen (secondary N) is 2. The first-order valence-electron chi connectivity index (χ1n) is 6.62. The summed E-state index contributed by atoms with van der Waals surface area (Å²) in [6.45, 7) is 0.622. The maximum absolute atomic E-state index is 11.6. The summed E-state index contributed by atoms with van der Waals surface area (Å²) in [4.78, 5) is 11.6. The molecule has 0 bridgehead atoms. The Morgan fingerprint density at radius 3 is 2.32 bits per heavy atom. The van der Waals surface area contributed by atoms with Crippen LogP contribution >= 0.6 is 0 Å². The minimum absolute atomic E-state index is 0.145. The van der Waals surface area contributed by atoms with Crippen molar-refractivity contribution in [3.8, 4) is 0 Å². The van der Waals surface area contributed by atoms with Gasteiger partial charge in [-0.05, 0) is 25.9 Å². The van der Waals surface area contributed by atoms with Crippen LogP contribution in [0.5, 0.6) is 0 Å². The summed E-state index contributed by atoms with van der Waals surface area (Å²) >= 11 is 0. The molecule has 0 aromatic carbocycles. The highest BCUT2D eigenvalue weighted by atomic mass is 16.5. The largest absolute Gasteiger partial charge is 0.394 e. The van der Waals surface area contributed by atoms with Crippen LogP contribution < -0.4 is 10.6 Å². The molecule has 1 heterocycles. The Bertz CT molecular complexity index is 257. The van der Waals surface area contributed by atoms with E-state index in [0.717, 1.165) is 25.9 Å². The van der Waals surface area contributed by atoms with E-state index in [4.69, 9.17) is 20.1 Å². The minimum atomic E-state index is -1.36. The third kappa shape index (κ3) is 5.42. The number of amides is 1. The number of aliphatic hydroxyl groups is 3. The molecule has 0 unspecified atom stereocenters. The van der Waals surface area contributed by atoms with Crippen LogP contribution in [0.3, 0.4) is 0 Å². The molecule has 0 saturated carbocycles. The molecular formula is C12H24N2O5. The second-order valence-corrected chi connectivity index (χ2v) is 4.87. The highest BCUT2D eigenvalue weighted by Gasteiger charge is 2.29. The van der Waals surface area contributed by atoms with E-state index < -0.39 is 25.4 Å². The van der Waals surface area contributed by atoms with Gasteiger partial charge in [0.25, 0.3) is 0 Å². The van der Waals surface area contributed by atoms with Gasteiger partial charge in [0.2, 0.25) is 5.91 Å². The summed E-state index contributed by atoms with van der Waals surface area (Å²) in [5.74, 6) is -0.355. The Morgan fingerprint density at radius 2 is 1.79 bits per heavy atom. The van der Waals surface area contributed by atoms with Crippen molar-refractivity contribution in [2.45, 2.75) is 30.9 Å². The SMILES string of the molecule is O=C(CCOC1CCNCC1)NC(CO)(CO)CO. The van der Waals surface area contributed by atoms with Crippen LogP contribution in [0.1, 0.15) is 19.3 Å². The second kappa shape index (κ2) is 8.44. The normalized spacial score (nSPS) is 17.4. The molecule has 19 heavy (non-hydrogen) atoms. The molecule has 0 aromatic rings. The zero-order chi connectivity index (χ0) is 14.1. The molecule has 7 nitrogen and oxygen atoms in total. The summed E-state index contributed by atoms with van der Waals surface area (Å²) in [5, 5.41) is 32.9. The van der Waals surface area contributed by atoms with E-state index in [1.807, 2.05) is 0 Å². The molecule has 7 heteroatoms. The van der Waals surface area contributed by atoms with E-state index in [9.17, 15) is 4.79 Å². The molecular weight excluding hydrogens is 252 g/mol. The number of rotatable bonds is 8. The molecule has 0 radical (unpaired) electrons. The average molecular weight is 276 g/mol. The summed E-state index contributed by atoms with van der Waals surface area (Å²) in [6.07, 6.45) is 2.21. The highest BCUT2D eigenvalue weighted by molar-refractivity contribution is 5.77. The van der Waals surface area contributed by atoms with Gasteiger partial charge < -0.3 is 30.7 Å². The van der Waals surface area contributed by atoms with Gasteiger partial charge in [-0.2, -0.15) is 0 Å². The Morgan fingerprint density at radius 1 is 1.21 bits per heavy atom. The number of piperidine rings is 1. The molecule has 1 fully saturated rings. The fourth-order valence-corrected chi connectivity index (χ4v) is 1.91. The van der Waals surface area contributed by atoms with Crippen LogP contribution in [0.25, 0.3) is 0 Å². The predicted octanol–water partition coefficient (Wildman–Crippen LogP) is -2.02. The van der Waals surface area contributed by atoms with Crippen molar-refractivity contribution < 1.29 is 24.9 Å². The molecule has 0 aromatic heterocycles. The molecule has 5 N–H and O–H groups in total. The molecule has 112 valence electrons. The van der Waals surface area contributed by atoms with Crippen LogP contribution in [-0.2, 0) is 9.53 Å². The van der Waals surface area contributed by atoms with Crippen LogP contribution in [0.4, 0.5) is 0 Å². The number of carbonyl (C=O) groups excluding carboxylic acids is 1. The van der Waals surface area contributed by atoms with Gasteiger partial charge in [-0.25, -0.2) is 0 Å². The van der Waals surface area contributed by atoms with Gasteiger partial charge in [0.15, 0.2) is 0 Å². The van der Waals surface area contributed by atoms with Crippen LogP contribution in [-0.4, -0.2) is 72.4 Å². The quantitative estimate of drug-likeness (QED) is 0.350. The van der Waals surface area contributed by atoms with E-state index in [-0.39, 0.29) is 18.4 Å². The molecule has 1 aliphatic rings. The number of aliphatic hydroxyl groups excluding tert-OH is 3. The number of hydrogen-bond acceptors (Lipinski definition) is 6. The third-order valence-corrected chi connectivity index (χ3v) is 3.28. The van der Waals surface area contributed by atoms with Gasteiger partial charge in [0, 0.05) is 6.42 Å². The summed E-state index contributed by atoms with van der Waals surface area (Å²) in [6, 6.07) is 0. The lowest BCUT2D eigenvalue weighted by Crippen LogP contribution is -2.57.